The predicted molar refractivity (Wildman–Crippen MR) is 87.3 cm³/mol. The van der Waals surface area contributed by atoms with Gasteiger partial charge in [0.15, 0.2) is 5.70 Å². The molecule has 24 heavy (non-hydrogen) atoms. The Morgan fingerprint density at radius 2 is 1.67 bits per heavy atom. The SMILES string of the molecule is CC(C)C[N+]1(CC(C)C)C(=O)NC(=O)C2=C1NC(C)(C)N2C(=O)O. The smallest absolute Gasteiger partial charge is 0.429 e. The normalized spacial score (nSPS) is 21.9. The summed E-state index contributed by atoms with van der Waals surface area (Å²) >= 11 is 0. The lowest BCUT2D eigenvalue weighted by molar-refractivity contribution is -0.823. The minimum Gasteiger partial charge on any atom is -0.465 e. The van der Waals surface area contributed by atoms with E-state index in [2.05, 4.69) is 10.6 Å². The highest BCUT2D eigenvalue weighted by molar-refractivity contribution is 6.06. The summed E-state index contributed by atoms with van der Waals surface area (Å²) < 4.78 is -0.0936. The molecule has 0 radical (unpaired) electrons. The highest BCUT2D eigenvalue weighted by Crippen LogP contribution is 2.37. The summed E-state index contributed by atoms with van der Waals surface area (Å²) in [4.78, 5) is 38.0. The fraction of sp³-hybridized carbons (Fsp3) is 0.688. The molecule has 0 aromatic carbocycles. The van der Waals surface area contributed by atoms with Crippen LogP contribution in [-0.4, -0.2) is 51.3 Å². The zero-order valence-corrected chi connectivity index (χ0v) is 15.1. The Bertz CT molecular complexity index is 612. The van der Waals surface area contributed by atoms with Crippen LogP contribution in [0.5, 0.6) is 0 Å². The Balaban J connectivity index is 2.70. The zero-order chi connectivity index (χ0) is 18.4. The molecule has 2 aliphatic heterocycles. The summed E-state index contributed by atoms with van der Waals surface area (Å²) in [5.74, 6) is 0.0794. The molecule has 3 N–H and O–H groups in total. The van der Waals surface area contributed by atoms with E-state index >= 15 is 0 Å². The fourth-order valence-corrected chi connectivity index (χ4v) is 3.68. The number of rotatable bonds is 4. The van der Waals surface area contributed by atoms with Gasteiger partial charge in [-0.1, -0.05) is 27.7 Å². The molecule has 0 aromatic rings. The van der Waals surface area contributed by atoms with E-state index in [0.29, 0.717) is 18.9 Å². The molecule has 0 fully saturated rings. The predicted octanol–water partition coefficient (Wildman–Crippen LogP) is 1.85. The Kier molecular flexibility index (Phi) is 4.39. The molecule has 2 rings (SSSR count). The summed E-state index contributed by atoms with van der Waals surface area (Å²) in [5, 5.41) is 15.1. The van der Waals surface area contributed by atoms with E-state index in [4.69, 9.17) is 0 Å². The van der Waals surface area contributed by atoms with Gasteiger partial charge in [0.2, 0.25) is 5.82 Å². The molecule has 0 atom stereocenters. The van der Waals surface area contributed by atoms with Crippen molar-refractivity contribution in [3.8, 4) is 0 Å². The van der Waals surface area contributed by atoms with Gasteiger partial charge in [-0.25, -0.2) is 19.8 Å². The third-order valence-corrected chi connectivity index (χ3v) is 4.23. The molecule has 0 aromatic heterocycles. The Hall–Kier alpha value is -2.09. The highest BCUT2D eigenvalue weighted by Gasteiger charge is 2.59. The summed E-state index contributed by atoms with van der Waals surface area (Å²) in [5.41, 5.74) is -0.982. The van der Waals surface area contributed by atoms with Crippen molar-refractivity contribution in [2.24, 2.45) is 11.8 Å². The number of imide groups is 1. The number of hydrogen-bond acceptors (Lipinski definition) is 4. The van der Waals surface area contributed by atoms with Gasteiger partial charge in [0.25, 0.3) is 5.91 Å². The number of carbonyl (C=O) groups is 3. The molecule has 0 spiro atoms. The van der Waals surface area contributed by atoms with Crippen LogP contribution in [0.4, 0.5) is 9.59 Å². The van der Waals surface area contributed by atoms with Crippen LogP contribution in [0, 0.1) is 11.8 Å². The number of nitrogens with one attached hydrogen (secondary N) is 2. The zero-order valence-electron chi connectivity index (χ0n) is 15.1. The van der Waals surface area contributed by atoms with E-state index in [9.17, 15) is 19.5 Å². The molecule has 4 amide bonds. The van der Waals surface area contributed by atoms with E-state index < -0.39 is 23.7 Å². The summed E-state index contributed by atoms with van der Waals surface area (Å²) in [6, 6.07) is -0.406. The number of carboxylic acid groups (broad SMARTS) is 1. The Morgan fingerprint density at radius 3 is 2.08 bits per heavy atom. The van der Waals surface area contributed by atoms with E-state index in [1.807, 2.05) is 27.7 Å². The number of amides is 4. The van der Waals surface area contributed by atoms with Crippen molar-refractivity contribution in [1.82, 2.24) is 15.5 Å². The van der Waals surface area contributed by atoms with Gasteiger partial charge in [-0.15, -0.1) is 0 Å². The van der Waals surface area contributed by atoms with Crippen molar-refractivity contribution in [3.05, 3.63) is 11.5 Å². The van der Waals surface area contributed by atoms with E-state index in [1.54, 1.807) is 13.8 Å². The Morgan fingerprint density at radius 1 is 1.17 bits per heavy atom. The minimum absolute atomic E-state index is 0.0217. The maximum Gasteiger partial charge on any atom is 0.429 e. The van der Waals surface area contributed by atoms with Crippen LogP contribution in [0.2, 0.25) is 0 Å². The van der Waals surface area contributed by atoms with Gasteiger partial charge in [-0.3, -0.25) is 4.79 Å². The van der Waals surface area contributed by atoms with Crippen LogP contribution >= 0.6 is 0 Å². The molecule has 0 saturated carbocycles. The first-order valence-electron chi connectivity index (χ1n) is 8.21. The molecule has 8 nitrogen and oxygen atoms in total. The molecule has 134 valence electrons. The molecule has 0 aliphatic carbocycles. The van der Waals surface area contributed by atoms with Crippen LogP contribution in [0.15, 0.2) is 11.5 Å². The first kappa shape index (κ1) is 18.3. The van der Waals surface area contributed by atoms with E-state index in [-0.39, 0.29) is 22.0 Å². The van der Waals surface area contributed by atoms with Crippen LogP contribution in [-0.2, 0) is 4.79 Å². The largest absolute Gasteiger partial charge is 0.465 e. The third kappa shape index (κ3) is 2.75. The molecular formula is C16H27N4O4+. The van der Waals surface area contributed by atoms with Crippen molar-refractivity contribution in [1.29, 1.82) is 0 Å². The summed E-state index contributed by atoms with van der Waals surface area (Å²) in [6.45, 7) is 12.3. The van der Waals surface area contributed by atoms with Crippen LogP contribution in [0.1, 0.15) is 41.5 Å². The maximum atomic E-state index is 12.8. The van der Waals surface area contributed by atoms with E-state index in [1.165, 1.54) is 0 Å². The molecule has 0 saturated heterocycles. The summed E-state index contributed by atoms with van der Waals surface area (Å²) in [6.07, 6.45) is -1.23. The van der Waals surface area contributed by atoms with Crippen molar-refractivity contribution in [2.45, 2.75) is 47.2 Å². The average Bonchev–Trinajstić information content (AvgIpc) is 2.67. The van der Waals surface area contributed by atoms with Crippen molar-refractivity contribution in [2.75, 3.05) is 13.1 Å². The van der Waals surface area contributed by atoms with Gasteiger partial charge >= 0.3 is 12.1 Å². The lowest BCUT2D eigenvalue weighted by Gasteiger charge is -2.40. The lowest BCUT2D eigenvalue weighted by Crippen LogP contribution is -2.65. The van der Waals surface area contributed by atoms with Gasteiger partial charge in [0.05, 0.1) is 13.1 Å². The van der Waals surface area contributed by atoms with Crippen molar-refractivity contribution < 1.29 is 24.0 Å². The number of nitrogens with zero attached hydrogens (tertiary/aromatic N) is 2. The average molecular weight is 339 g/mol. The lowest BCUT2D eigenvalue weighted by atomic mass is 10.1. The van der Waals surface area contributed by atoms with E-state index in [0.717, 1.165) is 4.90 Å². The van der Waals surface area contributed by atoms with Crippen molar-refractivity contribution in [3.63, 3.8) is 0 Å². The first-order valence-corrected chi connectivity index (χ1v) is 8.21. The molecule has 0 unspecified atom stereocenters. The molecule has 2 aliphatic rings. The number of quaternary nitrogens is 1. The van der Waals surface area contributed by atoms with Crippen LogP contribution in [0.25, 0.3) is 0 Å². The minimum atomic E-state index is -1.23. The van der Waals surface area contributed by atoms with Gasteiger partial charge in [-0.2, -0.15) is 4.48 Å². The number of carbonyl (C=O) groups excluding carboxylic acids is 2. The van der Waals surface area contributed by atoms with Gasteiger partial charge in [0.1, 0.15) is 5.66 Å². The summed E-state index contributed by atoms with van der Waals surface area (Å²) in [7, 11) is 0. The fourth-order valence-electron chi connectivity index (χ4n) is 3.68. The van der Waals surface area contributed by atoms with Gasteiger partial charge in [0, 0.05) is 11.8 Å². The van der Waals surface area contributed by atoms with Gasteiger partial charge < -0.3 is 10.4 Å². The maximum absolute atomic E-state index is 12.8. The van der Waals surface area contributed by atoms with Crippen LogP contribution in [0.3, 0.4) is 0 Å². The molecule has 8 heteroatoms. The standard InChI is InChI=1S/C16H26N4O4/c1-9(2)7-20(8-10(3)4)12-11(13(21)17-14(20)22)19(15(23)24)16(5,6)18-12/h9-10H,7-8H2,1-6H3,(H2-,17,18,21,22,23,24)/p+1. The van der Waals surface area contributed by atoms with Gasteiger partial charge in [-0.05, 0) is 13.8 Å². The quantitative estimate of drug-likeness (QED) is 0.679. The third-order valence-electron chi connectivity index (χ3n) is 4.23. The second kappa shape index (κ2) is 5.77. The monoisotopic (exact) mass is 339 g/mol. The van der Waals surface area contributed by atoms with Crippen molar-refractivity contribution >= 4 is 18.0 Å². The number of hydrogen-bond donors (Lipinski definition) is 3. The topological polar surface area (TPSA) is 98.7 Å². The Labute approximate surface area is 142 Å². The second-order valence-corrected chi connectivity index (χ2v) is 7.88. The molecule has 2 heterocycles. The van der Waals surface area contributed by atoms with Crippen LogP contribution < -0.4 is 10.6 Å². The highest BCUT2D eigenvalue weighted by atomic mass is 16.4. The number of urea groups is 1. The first-order chi connectivity index (χ1) is 10.9. The molecular weight excluding hydrogens is 312 g/mol. The second-order valence-electron chi connectivity index (χ2n) is 7.88. The molecule has 0 bridgehead atoms.